The van der Waals surface area contributed by atoms with Crippen LogP contribution in [-0.4, -0.2) is 9.55 Å². The molecule has 0 saturated carbocycles. The third kappa shape index (κ3) is 1.36. The van der Waals surface area contributed by atoms with Crippen molar-refractivity contribution in [2.24, 2.45) is 0 Å². The largest absolute Gasteiger partial charge is 0.458 e. The van der Waals surface area contributed by atoms with Gasteiger partial charge in [0, 0.05) is 18.5 Å². The first-order chi connectivity index (χ1) is 7.43. The van der Waals surface area contributed by atoms with Gasteiger partial charge in [0.15, 0.2) is 11.5 Å². The van der Waals surface area contributed by atoms with E-state index in [0.29, 0.717) is 5.75 Å². The van der Waals surface area contributed by atoms with Crippen molar-refractivity contribution in [3.8, 4) is 17.2 Å². The molecule has 0 spiro atoms. The lowest BCUT2D eigenvalue weighted by Gasteiger charge is -2.13. The van der Waals surface area contributed by atoms with Crippen LogP contribution in [0.4, 0.5) is 0 Å². The Labute approximate surface area is 86.4 Å². The first-order valence-corrected chi connectivity index (χ1v) is 4.54. The maximum absolute atomic E-state index is 5.32. The second-order valence-electron chi connectivity index (χ2n) is 3.11. The van der Waals surface area contributed by atoms with Gasteiger partial charge in [-0.15, -0.1) is 0 Å². The van der Waals surface area contributed by atoms with Gasteiger partial charge in [-0.2, -0.15) is 0 Å². The number of aromatic nitrogens is 2. The van der Waals surface area contributed by atoms with Gasteiger partial charge < -0.3 is 14.0 Å². The molecule has 15 heavy (non-hydrogen) atoms. The lowest BCUT2D eigenvalue weighted by atomic mass is 10.2. The number of hydrogen-bond donors (Lipinski definition) is 0. The van der Waals surface area contributed by atoms with Gasteiger partial charge in [0.2, 0.25) is 0 Å². The molecule has 0 atom stereocenters. The highest BCUT2D eigenvalue weighted by molar-refractivity contribution is 5.50. The molecule has 1 aromatic carbocycles. The molecule has 0 amide bonds. The molecule has 0 aliphatic carbocycles. The first kappa shape index (κ1) is 8.11. The lowest BCUT2D eigenvalue weighted by molar-refractivity contribution is 0.361. The molecule has 1 aliphatic heterocycles. The van der Waals surface area contributed by atoms with Crippen molar-refractivity contribution in [3.05, 3.63) is 49.4 Å². The van der Waals surface area contributed by atoms with E-state index in [0.717, 1.165) is 11.4 Å². The van der Waals surface area contributed by atoms with Crippen LogP contribution >= 0.6 is 0 Å². The summed E-state index contributed by atoms with van der Waals surface area (Å²) in [4.78, 5) is 3.99. The van der Waals surface area contributed by atoms with Crippen LogP contribution in [0.25, 0.3) is 5.69 Å². The molecule has 2 aromatic rings. The number of rotatable bonds is 1. The molecule has 0 unspecified atom stereocenters. The predicted molar refractivity (Wildman–Crippen MR) is 54.0 cm³/mol. The van der Waals surface area contributed by atoms with Gasteiger partial charge in [-0.05, 0) is 12.1 Å². The number of hydrogen-bond acceptors (Lipinski definition) is 3. The molecule has 0 fully saturated rings. The Hall–Kier alpha value is -2.23. The highest BCUT2D eigenvalue weighted by atomic mass is 16.5. The Bertz CT molecular complexity index is 503. The minimum atomic E-state index is 0.712. The van der Waals surface area contributed by atoms with E-state index in [1.165, 1.54) is 12.5 Å². The van der Waals surface area contributed by atoms with E-state index in [2.05, 4.69) is 4.98 Å². The molecule has 0 radical (unpaired) electrons. The fraction of sp³-hybridized carbons (Fsp3) is 0. The SMILES string of the molecule is C1=COc2cc(-n3ccnc3)ccc2O1. The first-order valence-electron chi connectivity index (χ1n) is 4.54. The van der Waals surface area contributed by atoms with Crippen LogP contribution in [0.5, 0.6) is 11.5 Å². The van der Waals surface area contributed by atoms with Gasteiger partial charge >= 0.3 is 0 Å². The van der Waals surface area contributed by atoms with Crippen LogP contribution in [0.15, 0.2) is 49.4 Å². The third-order valence-corrected chi connectivity index (χ3v) is 2.18. The van der Waals surface area contributed by atoms with Crippen molar-refractivity contribution < 1.29 is 9.47 Å². The smallest absolute Gasteiger partial charge is 0.171 e. The van der Waals surface area contributed by atoms with E-state index in [1.807, 2.05) is 29.0 Å². The maximum Gasteiger partial charge on any atom is 0.171 e. The van der Waals surface area contributed by atoms with Crippen molar-refractivity contribution in [1.29, 1.82) is 0 Å². The minimum Gasteiger partial charge on any atom is -0.458 e. The van der Waals surface area contributed by atoms with E-state index >= 15 is 0 Å². The number of nitrogens with zero attached hydrogens (tertiary/aromatic N) is 2. The van der Waals surface area contributed by atoms with Crippen molar-refractivity contribution in [1.82, 2.24) is 9.55 Å². The molecule has 2 heterocycles. The summed E-state index contributed by atoms with van der Waals surface area (Å²) in [6.07, 6.45) is 8.37. The van der Waals surface area contributed by atoms with E-state index in [-0.39, 0.29) is 0 Å². The zero-order valence-electron chi connectivity index (χ0n) is 7.83. The Balaban J connectivity index is 2.06. The zero-order valence-corrected chi connectivity index (χ0v) is 7.83. The summed E-state index contributed by atoms with van der Waals surface area (Å²) in [5.41, 5.74) is 0.991. The molecule has 3 rings (SSSR count). The van der Waals surface area contributed by atoms with E-state index in [4.69, 9.17) is 9.47 Å². The van der Waals surface area contributed by atoms with Crippen molar-refractivity contribution in [2.75, 3.05) is 0 Å². The lowest BCUT2D eigenvalue weighted by Crippen LogP contribution is -1.98. The average Bonchev–Trinajstić information content (AvgIpc) is 2.82. The van der Waals surface area contributed by atoms with Gasteiger partial charge in [-0.25, -0.2) is 4.98 Å². The Morgan fingerprint density at radius 2 is 1.93 bits per heavy atom. The van der Waals surface area contributed by atoms with E-state index < -0.39 is 0 Å². The number of imidazole rings is 1. The summed E-state index contributed by atoms with van der Waals surface area (Å²) < 4.78 is 12.5. The van der Waals surface area contributed by atoms with Gasteiger partial charge in [0.25, 0.3) is 0 Å². The average molecular weight is 200 g/mol. The normalized spacial score (nSPS) is 12.8. The summed E-state index contributed by atoms with van der Waals surface area (Å²) in [6.45, 7) is 0. The molecule has 74 valence electrons. The van der Waals surface area contributed by atoms with Crippen molar-refractivity contribution >= 4 is 0 Å². The van der Waals surface area contributed by atoms with Crippen LogP contribution < -0.4 is 9.47 Å². The molecule has 0 N–H and O–H groups in total. The van der Waals surface area contributed by atoms with Crippen LogP contribution in [0.3, 0.4) is 0 Å². The quantitative estimate of drug-likeness (QED) is 0.707. The molecular weight excluding hydrogens is 192 g/mol. The maximum atomic E-state index is 5.32. The van der Waals surface area contributed by atoms with Gasteiger partial charge in [-0.3, -0.25) is 0 Å². The monoisotopic (exact) mass is 200 g/mol. The fourth-order valence-electron chi connectivity index (χ4n) is 1.46. The van der Waals surface area contributed by atoms with E-state index in [1.54, 1.807) is 12.5 Å². The second-order valence-corrected chi connectivity index (χ2v) is 3.11. The Morgan fingerprint density at radius 3 is 2.73 bits per heavy atom. The molecule has 4 heteroatoms. The molecular formula is C11H8N2O2. The van der Waals surface area contributed by atoms with Crippen LogP contribution in [0.2, 0.25) is 0 Å². The summed E-state index contributed by atoms with van der Waals surface area (Å²) in [6, 6.07) is 5.72. The summed E-state index contributed by atoms with van der Waals surface area (Å²) in [5.74, 6) is 1.44. The third-order valence-electron chi connectivity index (χ3n) is 2.18. The zero-order chi connectivity index (χ0) is 10.1. The Kier molecular flexibility index (Phi) is 1.71. The highest BCUT2D eigenvalue weighted by Gasteiger charge is 2.09. The van der Waals surface area contributed by atoms with Crippen LogP contribution in [0, 0.1) is 0 Å². The highest BCUT2D eigenvalue weighted by Crippen LogP contribution is 2.32. The van der Waals surface area contributed by atoms with Crippen molar-refractivity contribution in [3.63, 3.8) is 0 Å². The van der Waals surface area contributed by atoms with Gasteiger partial charge in [0.1, 0.15) is 12.5 Å². The summed E-state index contributed by atoms with van der Waals surface area (Å²) >= 11 is 0. The second kappa shape index (κ2) is 3.16. The van der Waals surface area contributed by atoms with Crippen molar-refractivity contribution in [2.45, 2.75) is 0 Å². The summed E-state index contributed by atoms with van der Waals surface area (Å²) in [5, 5.41) is 0. The number of ether oxygens (including phenoxy) is 2. The standard InChI is InChI=1S/C11H8N2O2/c1-2-10-11(15-6-5-14-10)7-9(1)13-4-3-12-8-13/h1-8H. The predicted octanol–water partition coefficient (Wildman–Crippen LogP) is 2.11. The molecule has 1 aromatic heterocycles. The molecule has 4 nitrogen and oxygen atoms in total. The number of fused-ring (bicyclic) bond motifs is 1. The topological polar surface area (TPSA) is 36.3 Å². The van der Waals surface area contributed by atoms with Crippen LogP contribution in [0.1, 0.15) is 0 Å². The summed E-state index contributed by atoms with van der Waals surface area (Å²) in [7, 11) is 0. The minimum absolute atomic E-state index is 0.712. The van der Waals surface area contributed by atoms with Gasteiger partial charge in [0.05, 0.1) is 12.0 Å². The van der Waals surface area contributed by atoms with Crippen LogP contribution in [-0.2, 0) is 0 Å². The number of benzene rings is 1. The van der Waals surface area contributed by atoms with E-state index in [9.17, 15) is 0 Å². The Morgan fingerprint density at radius 1 is 1.07 bits per heavy atom. The van der Waals surface area contributed by atoms with Gasteiger partial charge in [-0.1, -0.05) is 0 Å². The molecule has 0 saturated heterocycles. The fourth-order valence-corrected chi connectivity index (χ4v) is 1.46. The molecule has 1 aliphatic rings. The molecule has 0 bridgehead atoms.